The van der Waals surface area contributed by atoms with Gasteiger partial charge in [0.05, 0.1) is 48.3 Å². The molecule has 3 heterocycles. The summed E-state index contributed by atoms with van der Waals surface area (Å²) < 4.78 is 15.7. The van der Waals surface area contributed by atoms with E-state index in [4.69, 9.17) is 9.47 Å². The molecule has 0 unspecified atom stereocenters. The average molecular weight is 625 g/mol. The van der Waals surface area contributed by atoms with Gasteiger partial charge in [-0.3, -0.25) is 9.78 Å². The fraction of sp³-hybridized carbons (Fsp3) is 0.205. The zero-order valence-corrected chi connectivity index (χ0v) is 26.1. The van der Waals surface area contributed by atoms with Crippen LogP contribution in [0.2, 0.25) is 0 Å². The minimum absolute atomic E-state index is 0.00566. The van der Waals surface area contributed by atoms with Gasteiger partial charge >= 0.3 is 0 Å². The van der Waals surface area contributed by atoms with Crippen molar-refractivity contribution in [1.82, 2.24) is 19.9 Å². The number of nitrogens with one attached hydrogen (secondary N) is 1. The zero-order valence-electron chi connectivity index (χ0n) is 26.1. The first-order valence-electron chi connectivity index (χ1n) is 15.8. The molecule has 1 aliphatic rings. The lowest BCUT2D eigenvalue weighted by molar-refractivity contribution is -0.276. The van der Waals surface area contributed by atoms with Crippen molar-refractivity contribution in [1.29, 1.82) is 0 Å². The zero-order chi connectivity index (χ0) is 32.2. The number of para-hydroxylation sites is 2. The van der Waals surface area contributed by atoms with Crippen molar-refractivity contribution in [2.24, 2.45) is 5.92 Å². The van der Waals surface area contributed by atoms with Gasteiger partial charge in [0.1, 0.15) is 0 Å². The Kier molecular flexibility index (Phi) is 8.88. The minimum Gasteiger partial charge on any atom is -0.392 e. The number of carbonyl (C=O) groups excluding carboxylic acids is 1. The van der Waals surface area contributed by atoms with Crippen LogP contribution in [0, 0.1) is 5.92 Å². The molecule has 8 nitrogen and oxygen atoms in total. The summed E-state index contributed by atoms with van der Waals surface area (Å²) in [5.41, 5.74) is 8.40. The molecule has 4 aromatic carbocycles. The number of nitrogens with zero attached hydrogens (tertiary/aromatic N) is 3. The predicted octanol–water partition coefficient (Wildman–Crippen LogP) is 7.01. The maximum Gasteiger partial charge on any atom is 0.253 e. The number of fused-ring (bicyclic) bond motifs is 1. The van der Waals surface area contributed by atoms with Crippen molar-refractivity contribution in [2.45, 2.75) is 45.1 Å². The normalized spacial score (nSPS) is 19.4. The summed E-state index contributed by atoms with van der Waals surface area (Å²) in [6.45, 7) is 3.18. The van der Waals surface area contributed by atoms with Crippen LogP contribution in [-0.4, -0.2) is 31.7 Å². The number of hydrogen-bond donors (Lipinski definition) is 2. The minimum atomic E-state index is -0.601. The maximum atomic E-state index is 12.6. The highest BCUT2D eigenvalue weighted by Gasteiger charge is 2.38. The molecule has 7 rings (SSSR count). The molecular formula is C39H36N4O4. The van der Waals surface area contributed by atoms with E-state index in [9.17, 15) is 9.90 Å². The lowest BCUT2D eigenvalue weighted by Crippen LogP contribution is -2.39. The predicted molar refractivity (Wildman–Crippen MR) is 180 cm³/mol. The summed E-state index contributed by atoms with van der Waals surface area (Å²) in [6.07, 6.45) is 4.10. The molecule has 1 fully saturated rings. The van der Waals surface area contributed by atoms with Gasteiger partial charge in [-0.25, -0.2) is 4.98 Å². The molecule has 47 heavy (non-hydrogen) atoms. The van der Waals surface area contributed by atoms with Crippen LogP contribution in [0.5, 0.6) is 0 Å². The quantitative estimate of drug-likeness (QED) is 0.180. The Morgan fingerprint density at radius 3 is 2.47 bits per heavy atom. The summed E-state index contributed by atoms with van der Waals surface area (Å²) in [4.78, 5) is 21.2. The van der Waals surface area contributed by atoms with E-state index < -0.39 is 6.29 Å². The Labute approximate surface area is 273 Å². The van der Waals surface area contributed by atoms with Crippen molar-refractivity contribution in [3.63, 3.8) is 0 Å². The Morgan fingerprint density at radius 1 is 0.851 bits per heavy atom. The van der Waals surface area contributed by atoms with Gasteiger partial charge in [-0.2, -0.15) is 0 Å². The summed E-state index contributed by atoms with van der Waals surface area (Å²) in [5.74, 6) is -0.126. The molecule has 0 saturated carbocycles. The van der Waals surface area contributed by atoms with Crippen molar-refractivity contribution in [3.8, 4) is 11.1 Å². The second kappa shape index (κ2) is 13.7. The number of pyridine rings is 1. The third-order valence-corrected chi connectivity index (χ3v) is 8.82. The van der Waals surface area contributed by atoms with Gasteiger partial charge in [-0.1, -0.05) is 79.7 Å². The van der Waals surface area contributed by atoms with Crippen molar-refractivity contribution >= 4 is 16.9 Å². The van der Waals surface area contributed by atoms with Gasteiger partial charge in [0, 0.05) is 30.4 Å². The molecule has 1 amide bonds. The summed E-state index contributed by atoms with van der Waals surface area (Å²) >= 11 is 0. The van der Waals surface area contributed by atoms with Gasteiger partial charge in [-0.15, -0.1) is 0 Å². The van der Waals surface area contributed by atoms with E-state index in [-0.39, 0.29) is 30.6 Å². The van der Waals surface area contributed by atoms with Crippen LogP contribution in [0.25, 0.3) is 22.2 Å². The second-order valence-electron chi connectivity index (χ2n) is 12.0. The van der Waals surface area contributed by atoms with Gasteiger partial charge in [0.15, 0.2) is 6.29 Å². The first-order chi connectivity index (χ1) is 23.1. The molecule has 6 aromatic rings. The first kappa shape index (κ1) is 30.5. The number of rotatable bonds is 9. The number of aromatic nitrogens is 3. The third kappa shape index (κ3) is 6.71. The van der Waals surface area contributed by atoms with E-state index in [0.29, 0.717) is 18.7 Å². The van der Waals surface area contributed by atoms with Gasteiger partial charge in [0.2, 0.25) is 0 Å². The number of imidazole rings is 1. The number of amides is 1. The van der Waals surface area contributed by atoms with Gasteiger partial charge < -0.3 is 24.5 Å². The van der Waals surface area contributed by atoms with Crippen LogP contribution in [0.4, 0.5) is 0 Å². The number of aliphatic hydroxyl groups excluding tert-OH is 1. The van der Waals surface area contributed by atoms with E-state index in [0.717, 1.165) is 44.4 Å². The van der Waals surface area contributed by atoms with E-state index in [1.165, 1.54) is 0 Å². The Morgan fingerprint density at radius 2 is 1.66 bits per heavy atom. The number of ether oxygens (including phenoxy) is 2. The van der Waals surface area contributed by atoms with Gasteiger partial charge in [-0.05, 0) is 64.2 Å². The van der Waals surface area contributed by atoms with E-state index in [1.807, 2.05) is 73.1 Å². The van der Waals surface area contributed by atoms with E-state index in [2.05, 4.69) is 57.1 Å². The van der Waals surface area contributed by atoms with Crippen molar-refractivity contribution in [3.05, 3.63) is 156 Å². The Bertz CT molecular complexity index is 1970. The second-order valence-corrected chi connectivity index (χ2v) is 12.0. The number of aliphatic hydroxyl groups is 1. The molecule has 2 N–H and O–H groups in total. The van der Waals surface area contributed by atoms with E-state index in [1.54, 1.807) is 24.5 Å². The highest BCUT2D eigenvalue weighted by molar-refractivity contribution is 5.93. The fourth-order valence-electron chi connectivity index (χ4n) is 6.18. The molecular weight excluding hydrogens is 588 g/mol. The highest BCUT2D eigenvalue weighted by atomic mass is 16.7. The standard InChI is InChI=1S/C39H36N4O4/c1-26-36(23-43-25-42-34-12-2-3-13-35(34)43)46-39(47-37(26)29-16-14-27(24-44)15-17-29)32-10-5-9-31(20-32)30-8-4-7-28(19-30)21-41-38(45)33-11-6-18-40-22-33/h2-20,22,25-26,36-37,39,44H,21,23-24H2,1H3,(H,41,45)/t26-,36+,37+,39+/m0/s1. The highest BCUT2D eigenvalue weighted by Crippen LogP contribution is 2.43. The van der Waals surface area contributed by atoms with Crippen LogP contribution in [0.1, 0.15) is 51.9 Å². The molecule has 1 aliphatic heterocycles. The van der Waals surface area contributed by atoms with Crippen LogP contribution < -0.4 is 5.32 Å². The molecule has 0 aliphatic carbocycles. The molecule has 2 aromatic heterocycles. The molecule has 0 spiro atoms. The molecule has 4 atom stereocenters. The molecule has 0 radical (unpaired) electrons. The monoisotopic (exact) mass is 624 g/mol. The third-order valence-electron chi connectivity index (χ3n) is 8.82. The molecule has 8 heteroatoms. The molecule has 1 saturated heterocycles. The SMILES string of the molecule is C[C@H]1[C@@H](Cn2cnc3ccccc32)O[C@@H](c2cccc(-c3cccc(CNC(=O)c4cccnc4)c3)c2)O[C@H]1c1ccc(CO)cc1. The largest absolute Gasteiger partial charge is 0.392 e. The Balaban J connectivity index is 1.15. The van der Waals surface area contributed by atoms with Crippen LogP contribution >= 0.6 is 0 Å². The summed E-state index contributed by atoms with van der Waals surface area (Å²) in [6, 6.07) is 36.0. The van der Waals surface area contributed by atoms with Crippen LogP contribution in [-0.2, 0) is 29.2 Å². The summed E-state index contributed by atoms with van der Waals surface area (Å²) in [5, 5.41) is 12.6. The smallest absolute Gasteiger partial charge is 0.253 e. The fourth-order valence-corrected chi connectivity index (χ4v) is 6.18. The number of hydrogen-bond acceptors (Lipinski definition) is 6. The lowest BCUT2D eigenvalue weighted by Gasteiger charge is -2.41. The lowest BCUT2D eigenvalue weighted by atomic mass is 9.90. The average Bonchev–Trinajstić information content (AvgIpc) is 3.54. The maximum absolute atomic E-state index is 12.6. The first-order valence-corrected chi connectivity index (χ1v) is 15.8. The van der Waals surface area contributed by atoms with Crippen molar-refractivity contribution < 1.29 is 19.4 Å². The number of carbonyl (C=O) groups is 1. The topological polar surface area (TPSA) is 98.5 Å². The van der Waals surface area contributed by atoms with Gasteiger partial charge in [0.25, 0.3) is 5.91 Å². The number of benzene rings is 4. The van der Waals surface area contributed by atoms with E-state index >= 15 is 0 Å². The molecule has 236 valence electrons. The Hall–Kier alpha value is -5.15. The summed E-state index contributed by atoms with van der Waals surface area (Å²) in [7, 11) is 0. The van der Waals surface area contributed by atoms with Crippen molar-refractivity contribution in [2.75, 3.05) is 0 Å². The van der Waals surface area contributed by atoms with Crippen LogP contribution in [0.15, 0.2) is 128 Å². The van der Waals surface area contributed by atoms with Crippen LogP contribution in [0.3, 0.4) is 0 Å². The molecule has 0 bridgehead atoms.